The lowest BCUT2D eigenvalue weighted by atomic mass is 9.83. The fourth-order valence-electron chi connectivity index (χ4n) is 3.89. The van der Waals surface area contributed by atoms with E-state index in [2.05, 4.69) is 10.1 Å². The Morgan fingerprint density at radius 1 is 1.24 bits per heavy atom. The minimum atomic E-state index is -0.300. The van der Waals surface area contributed by atoms with Crippen molar-refractivity contribution in [3.8, 4) is 0 Å². The van der Waals surface area contributed by atoms with Crippen molar-refractivity contribution in [2.24, 2.45) is 11.7 Å². The molecule has 2 unspecified atom stereocenters. The molecule has 2 N–H and O–H groups in total. The van der Waals surface area contributed by atoms with E-state index < -0.39 is 0 Å². The van der Waals surface area contributed by atoms with Gasteiger partial charge in [-0.3, -0.25) is 0 Å². The Morgan fingerprint density at radius 3 is 2.71 bits per heavy atom. The van der Waals surface area contributed by atoms with Gasteiger partial charge in [0.25, 0.3) is 0 Å². The summed E-state index contributed by atoms with van der Waals surface area (Å²) in [5.41, 5.74) is 5.91. The zero-order chi connectivity index (χ0) is 14.7. The van der Waals surface area contributed by atoms with Crippen molar-refractivity contribution in [1.29, 1.82) is 0 Å². The number of ether oxygens (including phenoxy) is 1. The van der Waals surface area contributed by atoms with Crippen LogP contribution in [-0.2, 0) is 16.8 Å². The lowest BCUT2D eigenvalue weighted by molar-refractivity contribution is -0.0469. The molecule has 2 saturated carbocycles. The van der Waals surface area contributed by atoms with Crippen LogP contribution < -0.4 is 5.73 Å². The largest absolute Gasteiger partial charge is 0.367 e. The van der Waals surface area contributed by atoms with Gasteiger partial charge in [-0.15, -0.1) is 0 Å². The quantitative estimate of drug-likeness (QED) is 0.903. The number of hydrogen-bond donors (Lipinski definition) is 1. The van der Waals surface area contributed by atoms with Gasteiger partial charge in [-0.25, -0.2) is 0 Å². The lowest BCUT2D eigenvalue weighted by Crippen LogP contribution is -2.34. The second-order valence-corrected chi connectivity index (χ2v) is 6.56. The van der Waals surface area contributed by atoms with Crippen molar-refractivity contribution in [3.63, 3.8) is 0 Å². The highest BCUT2D eigenvalue weighted by Gasteiger charge is 2.41. The van der Waals surface area contributed by atoms with E-state index in [-0.39, 0.29) is 11.6 Å². The van der Waals surface area contributed by atoms with Gasteiger partial charge in [0.1, 0.15) is 5.60 Å². The molecule has 5 heteroatoms. The summed E-state index contributed by atoms with van der Waals surface area (Å²) in [5, 5.41) is 4.23. The number of nitrogens with zero attached hydrogens (tertiary/aromatic N) is 2. The molecule has 2 aliphatic carbocycles. The molecule has 0 bridgehead atoms. The molecule has 1 aromatic heterocycles. The van der Waals surface area contributed by atoms with Crippen LogP contribution in [0.2, 0.25) is 0 Å². The zero-order valence-electron chi connectivity index (χ0n) is 13.0. The molecule has 2 fully saturated rings. The second kappa shape index (κ2) is 6.44. The number of rotatable bonds is 5. The summed E-state index contributed by atoms with van der Waals surface area (Å²) in [6.45, 7) is 2.72. The molecule has 21 heavy (non-hydrogen) atoms. The Morgan fingerprint density at radius 2 is 2.00 bits per heavy atom. The molecule has 0 aromatic carbocycles. The Hall–Kier alpha value is -0.940. The standard InChI is InChI=1S/C16H27N3O2/c1-2-20-16(9-5-6-10-16)15-18-14(21-19-15)11-12-7-3-4-8-13(12)17/h12-13H,2-11,17H2,1H3. The third kappa shape index (κ3) is 3.14. The molecule has 118 valence electrons. The van der Waals surface area contributed by atoms with Gasteiger partial charge in [-0.05, 0) is 51.4 Å². The summed E-state index contributed by atoms with van der Waals surface area (Å²) in [4.78, 5) is 4.65. The summed E-state index contributed by atoms with van der Waals surface area (Å²) in [6, 6.07) is 0.279. The summed E-state index contributed by atoms with van der Waals surface area (Å²) < 4.78 is 11.5. The Bertz CT molecular complexity index is 454. The molecule has 1 heterocycles. The number of hydrogen-bond acceptors (Lipinski definition) is 5. The summed E-state index contributed by atoms with van der Waals surface area (Å²) in [5.74, 6) is 1.97. The van der Waals surface area contributed by atoms with Gasteiger partial charge in [-0.2, -0.15) is 4.98 Å². The van der Waals surface area contributed by atoms with Crippen LogP contribution in [-0.4, -0.2) is 22.8 Å². The Balaban J connectivity index is 1.70. The van der Waals surface area contributed by atoms with Gasteiger partial charge >= 0.3 is 0 Å². The van der Waals surface area contributed by atoms with Crippen molar-refractivity contribution >= 4 is 0 Å². The maximum Gasteiger partial charge on any atom is 0.227 e. The maximum atomic E-state index is 6.21. The monoisotopic (exact) mass is 293 g/mol. The minimum absolute atomic E-state index is 0.279. The molecule has 0 radical (unpaired) electrons. The first-order valence-electron chi connectivity index (χ1n) is 8.46. The Labute approximate surface area is 126 Å². The molecule has 0 spiro atoms. The Kier molecular flexibility index (Phi) is 4.60. The van der Waals surface area contributed by atoms with E-state index in [1.54, 1.807) is 0 Å². The van der Waals surface area contributed by atoms with Crippen LogP contribution in [0.15, 0.2) is 4.52 Å². The predicted octanol–water partition coefficient (Wildman–Crippen LogP) is 2.94. The SMILES string of the molecule is CCOC1(c2noc(CC3CCCCC3N)n2)CCCC1. The first-order chi connectivity index (χ1) is 10.2. The van der Waals surface area contributed by atoms with Crippen LogP contribution in [0.3, 0.4) is 0 Å². The van der Waals surface area contributed by atoms with Crippen LogP contribution in [0.4, 0.5) is 0 Å². The molecule has 5 nitrogen and oxygen atoms in total. The molecule has 1 aromatic rings. The van der Waals surface area contributed by atoms with E-state index in [1.807, 2.05) is 6.92 Å². The molecule has 2 atom stereocenters. The second-order valence-electron chi connectivity index (χ2n) is 6.56. The van der Waals surface area contributed by atoms with Crippen molar-refractivity contribution < 1.29 is 9.26 Å². The van der Waals surface area contributed by atoms with Gasteiger partial charge in [-0.1, -0.05) is 18.0 Å². The molecule has 0 saturated heterocycles. The van der Waals surface area contributed by atoms with Gasteiger partial charge in [0, 0.05) is 19.1 Å². The molecule has 2 aliphatic rings. The van der Waals surface area contributed by atoms with E-state index in [0.717, 1.165) is 37.4 Å². The third-order valence-electron chi connectivity index (χ3n) is 5.11. The van der Waals surface area contributed by atoms with Crippen LogP contribution in [0.1, 0.15) is 70.0 Å². The van der Waals surface area contributed by atoms with Gasteiger partial charge in [0.15, 0.2) is 0 Å². The number of nitrogens with two attached hydrogens (primary N) is 1. The van der Waals surface area contributed by atoms with E-state index in [4.69, 9.17) is 15.0 Å². The van der Waals surface area contributed by atoms with Crippen molar-refractivity contribution in [2.75, 3.05) is 6.61 Å². The summed E-state index contributed by atoms with van der Waals surface area (Å²) in [6.07, 6.45) is 9.99. The molecule has 3 rings (SSSR count). The highest BCUT2D eigenvalue weighted by Crippen LogP contribution is 2.40. The summed E-state index contributed by atoms with van der Waals surface area (Å²) in [7, 11) is 0. The van der Waals surface area contributed by atoms with Crippen LogP contribution in [0, 0.1) is 5.92 Å². The fourth-order valence-corrected chi connectivity index (χ4v) is 3.89. The van der Waals surface area contributed by atoms with Crippen molar-refractivity contribution in [3.05, 3.63) is 11.7 Å². The van der Waals surface area contributed by atoms with Gasteiger partial charge in [0.2, 0.25) is 11.7 Å². The maximum absolute atomic E-state index is 6.21. The van der Waals surface area contributed by atoms with E-state index >= 15 is 0 Å². The van der Waals surface area contributed by atoms with Gasteiger partial charge < -0.3 is 15.0 Å². The fraction of sp³-hybridized carbons (Fsp3) is 0.875. The van der Waals surface area contributed by atoms with Crippen LogP contribution >= 0.6 is 0 Å². The first-order valence-corrected chi connectivity index (χ1v) is 8.46. The minimum Gasteiger partial charge on any atom is -0.367 e. The zero-order valence-corrected chi connectivity index (χ0v) is 13.0. The highest BCUT2D eigenvalue weighted by molar-refractivity contribution is 5.05. The van der Waals surface area contributed by atoms with E-state index in [1.165, 1.54) is 32.1 Å². The highest BCUT2D eigenvalue weighted by atomic mass is 16.5. The average molecular weight is 293 g/mol. The topological polar surface area (TPSA) is 74.2 Å². The average Bonchev–Trinajstić information content (AvgIpc) is 3.12. The van der Waals surface area contributed by atoms with Crippen molar-refractivity contribution in [1.82, 2.24) is 10.1 Å². The van der Waals surface area contributed by atoms with Crippen LogP contribution in [0.25, 0.3) is 0 Å². The van der Waals surface area contributed by atoms with Gasteiger partial charge in [0.05, 0.1) is 0 Å². The van der Waals surface area contributed by atoms with E-state index in [0.29, 0.717) is 12.5 Å². The third-order valence-corrected chi connectivity index (χ3v) is 5.11. The van der Waals surface area contributed by atoms with E-state index in [9.17, 15) is 0 Å². The predicted molar refractivity (Wildman–Crippen MR) is 79.7 cm³/mol. The lowest BCUT2D eigenvalue weighted by Gasteiger charge is -2.27. The summed E-state index contributed by atoms with van der Waals surface area (Å²) >= 11 is 0. The molecular formula is C16H27N3O2. The number of aromatic nitrogens is 2. The molecular weight excluding hydrogens is 266 g/mol. The first kappa shape index (κ1) is 15.0. The molecule has 0 aliphatic heterocycles. The van der Waals surface area contributed by atoms with Crippen LogP contribution in [0.5, 0.6) is 0 Å². The smallest absolute Gasteiger partial charge is 0.227 e. The molecule has 0 amide bonds. The normalized spacial score (nSPS) is 28.9. The van der Waals surface area contributed by atoms with Crippen molar-refractivity contribution in [2.45, 2.75) is 76.4 Å².